The molecule has 1 N–H and O–H groups in total. The van der Waals surface area contributed by atoms with E-state index in [0.717, 1.165) is 51.4 Å². The second kappa shape index (κ2) is 39.4. The van der Waals surface area contributed by atoms with Gasteiger partial charge in [0.05, 0.1) is 6.61 Å². The molecule has 0 heterocycles. The van der Waals surface area contributed by atoms with Crippen LogP contribution in [0.3, 0.4) is 0 Å². The molecule has 0 aromatic rings. The lowest BCUT2D eigenvalue weighted by Crippen LogP contribution is -2.46. The molecule has 2 unspecified atom stereocenters. The van der Waals surface area contributed by atoms with Gasteiger partial charge in [-0.25, -0.2) is 4.90 Å². The quantitative estimate of drug-likeness (QED) is 0.0301. The van der Waals surface area contributed by atoms with Crippen LogP contribution < -0.4 is 0 Å². The first kappa shape index (κ1) is 49.7. The molecule has 0 aliphatic rings. The molecule has 0 aromatic heterocycles. The fraction of sp³-hybridized carbons (Fsp3) is 0.857. The number of allylic oxidation sites excluding steroid dienone is 4. The maximum absolute atomic E-state index is 12.5. The van der Waals surface area contributed by atoms with Crippen molar-refractivity contribution in [2.24, 2.45) is 0 Å². The molecular formula is C42H80ClNO5. The third-order valence-electron chi connectivity index (χ3n) is 9.18. The number of aliphatic hydroxyl groups is 1. The second-order valence-electron chi connectivity index (χ2n) is 13.8. The van der Waals surface area contributed by atoms with Gasteiger partial charge in [-0.3, -0.25) is 9.59 Å². The Balaban J connectivity index is 0. The summed E-state index contributed by atoms with van der Waals surface area (Å²) in [6, 6.07) is 0. The highest BCUT2D eigenvalue weighted by Gasteiger charge is 2.25. The Hall–Kier alpha value is -1.37. The van der Waals surface area contributed by atoms with Gasteiger partial charge in [0.2, 0.25) is 0 Å². The summed E-state index contributed by atoms with van der Waals surface area (Å²) in [7, 11) is 0. The summed E-state index contributed by atoms with van der Waals surface area (Å²) < 4.78 is 11.3. The topological polar surface area (TPSA) is 76.1 Å². The van der Waals surface area contributed by atoms with Crippen LogP contribution in [0.5, 0.6) is 0 Å². The van der Waals surface area contributed by atoms with Crippen molar-refractivity contribution in [2.75, 3.05) is 13.2 Å². The Morgan fingerprint density at radius 3 is 1.10 bits per heavy atom. The van der Waals surface area contributed by atoms with Crippen LogP contribution in [0.2, 0.25) is 0 Å². The molecule has 6 nitrogen and oxygen atoms in total. The van der Waals surface area contributed by atoms with Gasteiger partial charge in [-0.15, -0.1) is 12.4 Å². The zero-order valence-corrected chi connectivity index (χ0v) is 33.4. The van der Waals surface area contributed by atoms with Gasteiger partial charge in [-0.05, 0) is 78.1 Å². The maximum atomic E-state index is 12.5. The fourth-order valence-electron chi connectivity index (χ4n) is 6.09. The molecule has 290 valence electrons. The van der Waals surface area contributed by atoms with Crippen LogP contribution in [0.1, 0.15) is 207 Å². The summed E-state index contributed by atoms with van der Waals surface area (Å²) in [5.74, 6) is -0.482. The van der Waals surface area contributed by atoms with E-state index in [1.54, 1.807) is 18.7 Å². The lowest BCUT2D eigenvalue weighted by molar-refractivity contribution is -0.181. The van der Waals surface area contributed by atoms with Crippen LogP contribution in [0.25, 0.3) is 0 Å². The van der Waals surface area contributed by atoms with Crippen LogP contribution in [-0.4, -0.2) is 47.6 Å². The predicted molar refractivity (Wildman–Crippen MR) is 211 cm³/mol. The van der Waals surface area contributed by atoms with Gasteiger partial charge in [0.25, 0.3) is 0 Å². The summed E-state index contributed by atoms with van der Waals surface area (Å²) >= 11 is 0. The third kappa shape index (κ3) is 34.8. The zero-order valence-electron chi connectivity index (χ0n) is 32.6. The van der Waals surface area contributed by atoms with E-state index in [2.05, 4.69) is 38.2 Å². The SMILES string of the molecule is CCCCCCCCC=CCCCCCCCC(=O)OC(C)N(CCO)C(C)OC(=O)CCCCCCCC=CCCCCCCCC.Cl. The third-order valence-corrected chi connectivity index (χ3v) is 9.18. The van der Waals surface area contributed by atoms with Gasteiger partial charge >= 0.3 is 11.9 Å². The number of carbonyl (C=O) groups is 2. The molecule has 0 aliphatic carbocycles. The summed E-state index contributed by atoms with van der Waals surface area (Å²) in [6.45, 7) is 8.24. The molecule has 0 amide bonds. The molecule has 7 heteroatoms. The molecule has 0 aliphatic heterocycles. The number of unbranched alkanes of at least 4 members (excludes halogenated alkanes) is 22. The van der Waals surface area contributed by atoms with Crippen LogP contribution >= 0.6 is 12.4 Å². The Morgan fingerprint density at radius 2 is 0.796 bits per heavy atom. The number of carbonyl (C=O) groups excluding carboxylic acids is 2. The molecule has 0 bridgehead atoms. The first-order valence-electron chi connectivity index (χ1n) is 20.5. The summed E-state index contributed by atoms with van der Waals surface area (Å²) in [5.41, 5.74) is 0. The number of halogens is 1. The highest BCUT2D eigenvalue weighted by Crippen LogP contribution is 2.15. The first-order chi connectivity index (χ1) is 23.5. The minimum atomic E-state index is -0.574. The molecule has 0 fully saturated rings. The van der Waals surface area contributed by atoms with Crippen molar-refractivity contribution in [1.29, 1.82) is 0 Å². The number of hydrogen-bond donors (Lipinski definition) is 1. The molecule has 0 saturated carbocycles. The van der Waals surface area contributed by atoms with Crippen molar-refractivity contribution >= 4 is 24.3 Å². The zero-order chi connectivity index (χ0) is 35.3. The van der Waals surface area contributed by atoms with E-state index >= 15 is 0 Å². The number of rotatable bonds is 36. The van der Waals surface area contributed by atoms with E-state index in [0.29, 0.717) is 12.8 Å². The number of esters is 2. The van der Waals surface area contributed by atoms with Gasteiger partial charge in [-0.1, -0.05) is 141 Å². The molecular weight excluding hydrogens is 634 g/mol. The molecule has 0 rings (SSSR count). The second-order valence-corrected chi connectivity index (χ2v) is 13.8. The van der Waals surface area contributed by atoms with E-state index in [4.69, 9.17) is 9.47 Å². The highest BCUT2D eigenvalue weighted by atomic mass is 35.5. The number of hydrogen-bond acceptors (Lipinski definition) is 6. The van der Waals surface area contributed by atoms with E-state index in [-0.39, 0.29) is 37.5 Å². The lowest BCUT2D eigenvalue weighted by Gasteiger charge is -2.32. The van der Waals surface area contributed by atoms with E-state index in [1.807, 2.05) is 0 Å². The predicted octanol–water partition coefficient (Wildman–Crippen LogP) is 12.6. The Bertz CT molecular complexity index is 714. The summed E-state index contributed by atoms with van der Waals surface area (Å²) in [6.07, 6.45) is 40.7. The van der Waals surface area contributed by atoms with Crippen molar-refractivity contribution in [3.8, 4) is 0 Å². The van der Waals surface area contributed by atoms with Crippen LogP contribution in [0.15, 0.2) is 24.3 Å². The molecule has 2 atom stereocenters. The minimum Gasteiger partial charge on any atom is -0.447 e. The smallest absolute Gasteiger partial charge is 0.307 e. The van der Waals surface area contributed by atoms with E-state index in [9.17, 15) is 14.7 Å². The van der Waals surface area contributed by atoms with E-state index in [1.165, 1.54) is 116 Å². The molecule has 0 radical (unpaired) electrons. The van der Waals surface area contributed by atoms with Crippen LogP contribution in [-0.2, 0) is 19.1 Å². The average Bonchev–Trinajstić information content (AvgIpc) is 3.06. The number of nitrogens with zero attached hydrogens (tertiary/aromatic N) is 1. The largest absolute Gasteiger partial charge is 0.447 e. The Morgan fingerprint density at radius 1 is 0.510 bits per heavy atom. The van der Waals surface area contributed by atoms with Crippen molar-refractivity contribution < 1.29 is 24.2 Å². The minimum absolute atomic E-state index is 0. The number of ether oxygens (including phenoxy) is 2. The van der Waals surface area contributed by atoms with Crippen molar-refractivity contribution in [1.82, 2.24) is 4.90 Å². The van der Waals surface area contributed by atoms with Crippen LogP contribution in [0.4, 0.5) is 0 Å². The highest BCUT2D eigenvalue weighted by molar-refractivity contribution is 5.85. The summed E-state index contributed by atoms with van der Waals surface area (Å²) in [5, 5.41) is 9.58. The lowest BCUT2D eigenvalue weighted by atomic mass is 10.1. The Labute approximate surface area is 310 Å². The fourth-order valence-corrected chi connectivity index (χ4v) is 6.09. The molecule has 0 aromatic carbocycles. The monoisotopic (exact) mass is 714 g/mol. The van der Waals surface area contributed by atoms with Gasteiger partial charge in [0.15, 0.2) is 12.5 Å². The maximum Gasteiger partial charge on any atom is 0.307 e. The van der Waals surface area contributed by atoms with Gasteiger partial charge in [-0.2, -0.15) is 0 Å². The average molecular weight is 715 g/mol. The van der Waals surface area contributed by atoms with Crippen molar-refractivity contribution in [3.05, 3.63) is 24.3 Å². The Kier molecular flexibility index (Phi) is 40.0. The molecule has 0 spiro atoms. The van der Waals surface area contributed by atoms with Gasteiger partial charge in [0.1, 0.15) is 0 Å². The van der Waals surface area contributed by atoms with Crippen molar-refractivity contribution in [3.63, 3.8) is 0 Å². The van der Waals surface area contributed by atoms with E-state index < -0.39 is 12.5 Å². The van der Waals surface area contributed by atoms with Gasteiger partial charge < -0.3 is 14.6 Å². The van der Waals surface area contributed by atoms with Crippen LogP contribution in [0, 0.1) is 0 Å². The van der Waals surface area contributed by atoms with Crippen molar-refractivity contribution in [2.45, 2.75) is 220 Å². The standard InChI is InChI=1S/C42H79NO5.ClH/c1-5-7-9-11-13-15-17-19-21-23-25-27-29-31-33-35-41(45)47-39(3)43(37-38-44)40(4)48-42(46)36-34-32-30-28-26-24-22-20-18-16-14-12-10-8-6-2;/h19-22,39-40,44H,5-18,23-38H2,1-4H3;1H. The molecule has 49 heavy (non-hydrogen) atoms. The molecule has 0 saturated heterocycles. The number of aliphatic hydroxyl groups excluding tert-OH is 1. The first-order valence-corrected chi connectivity index (χ1v) is 20.5. The van der Waals surface area contributed by atoms with Gasteiger partial charge in [0, 0.05) is 19.4 Å². The normalized spacial score (nSPS) is 12.9. The summed E-state index contributed by atoms with van der Waals surface area (Å²) in [4.78, 5) is 26.7.